The van der Waals surface area contributed by atoms with Gasteiger partial charge in [0.2, 0.25) is 0 Å². The van der Waals surface area contributed by atoms with Gasteiger partial charge in [-0.2, -0.15) is 11.8 Å². The molecule has 0 fully saturated rings. The van der Waals surface area contributed by atoms with E-state index in [2.05, 4.69) is 18.3 Å². The third kappa shape index (κ3) is 5.17. The van der Waals surface area contributed by atoms with E-state index in [9.17, 15) is 4.79 Å². The largest absolute Gasteiger partial charge is 0.351 e. The smallest absolute Gasteiger partial charge is 0.251 e. The molecule has 2 nitrogen and oxygen atoms in total. The Hall–Kier alpha value is -1.16. The Kier molecular flexibility index (Phi) is 7.02. The minimum atomic E-state index is -0.0132. The highest BCUT2D eigenvalue weighted by Gasteiger charge is 2.10. The van der Waals surface area contributed by atoms with Crippen LogP contribution in [0.1, 0.15) is 32.6 Å². The maximum Gasteiger partial charge on any atom is 0.251 e. The molecule has 1 N–H and O–H groups in total. The highest BCUT2D eigenvalue weighted by Crippen LogP contribution is 2.24. The van der Waals surface area contributed by atoms with Crippen molar-refractivity contribution in [3.8, 4) is 0 Å². The van der Waals surface area contributed by atoms with Gasteiger partial charge in [0.25, 0.3) is 5.91 Å². The fourth-order valence-electron chi connectivity index (χ4n) is 2.36. The fraction of sp³-hybridized carbons (Fsp3) is 0.316. The average molecular weight is 382 g/mol. The number of hydrogen-bond acceptors (Lipinski definition) is 2. The summed E-state index contributed by atoms with van der Waals surface area (Å²) in [5.41, 5.74) is 5.17. The van der Waals surface area contributed by atoms with Crippen molar-refractivity contribution in [2.24, 2.45) is 0 Å². The highest BCUT2D eigenvalue weighted by atomic mass is 35.5. The third-order valence-corrected chi connectivity index (χ3v) is 5.48. The maximum absolute atomic E-state index is 12.3. The molecule has 2 aromatic rings. The molecule has 0 aromatic heterocycles. The standard InChI is InChI=1S/C19H21Cl2NOS/c1-12-8-14(3)17(9-13(12)2)19(23)22-6-7-24-11-15-4-5-16(20)10-18(15)21/h4-5,8-10H,6-7,11H2,1-3H3,(H,22,23). The van der Waals surface area contributed by atoms with Crippen LogP contribution in [-0.4, -0.2) is 18.2 Å². The van der Waals surface area contributed by atoms with Crippen LogP contribution < -0.4 is 5.32 Å². The molecule has 5 heteroatoms. The molecule has 1 amide bonds. The Bertz CT molecular complexity index is 746. The lowest BCUT2D eigenvalue weighted by molar-refractivity contribution is 0.0955. The van der Waals surface area contributed by atoms with Gasteiger partial charge in [-0.05, 0) is 61.2 Å². The summed E-state index contributed by atoms with van der Waals surface area (Å²) < 4.78 is 0. The van der Waals surface area contributed by atoms with E-state index in [1.807, 2.05) is 32.0 Å². The summed E-state index contributed by atoms with van der Waals surface area (Å²) in [6.45, 7) is 6.68. The second-order valence-electron chi connectivity index (χ2n) is 5.80. The van der Waals surface area contributed by atoms with Crippen LogP contribution in [0.15, 0.2) is 30.3 Å². The molecule has 2 rings (SSSR count). The molecule has 0 spiro atoms. The number of carbonyl (C=O) groups is 1. The zero-order valence-corrected chi connectivity index (χ0v) is 16.4. The lowest BCUT2D eigenvalue weighted by Gasteiger charge is -2.10. The monoisotopic (exact) mass is 381 g/mol. The Morgan fingerprint density at radius 3 is 2.46 bits per heavy atom. The molecule has 128 valence electrons. The molecule has 0 saturated heterocycles. The summed E-state index contributed by atoms with van der Waals surface area (Å²) in [5.74, 6) is 1.61. The predicted octanol–water partition coefficient (Wildman–Crippen LogP) is 5.58. The van der Waals surface area contributed by atoms with E-state index in [0.29, 0.717) is 16.6 Å². The van der Waals surface area contributed by atoms with Crippen LogP contribution in [0.3, 0.4) is 0 Å². The average Bonchev–Trinajstić information content (AvgIpc) is 2.52. The molecule has 0 saturated carbocycles. The second kappa shape index (κ2) is 8.80. The normalized spacial score (nSPS) is 10.7. The molecule has 0 bridgehead atoms. The predicted molar refractivity (Wildman–Crippen MR) is 106 cm³/mol. The summed E-state index contributed by atoms with van der Waals surface area (Å²) in [4.78, 5) is 12.3. The van der Waals surface area contributed by atoms with Crippen molar-refractivity contribution in [2.45, 2.75) is 26.5 Å². The van der Waals surface area contributed by atoms with Crippen LogP contribution >= 0.6 is 35.0 Å². The van der Waals surface area contributed by atoms with Gasteiger partial charge in [-0.15, -0.1) is 0 Å². The summed E-state index contributed by atoms with van der Waals surface area (Å²) in [7, 11) is 0. The molecule has 0 heterocycles. The zero-order chi connectivity index (χ0) is 17.7. The van der Waals surface area contributed by atoms with E-state index in [1.165, 1.54) is 5.56 Å². The van der Waals surface area contributed by atoms with Crippen LogP contribution in [0.4, 0.5) is 0 Å². The molecule has 0 atom stereocenters. The van der Waals surface area contributed by atoms with Gasteiger partial charge in [-0.1, -0.05) is 35.3 Å². The highest BCUT2D eigenvalue weighted by molar-refractivity contribution is 7.98. The Morgan fingerprint density at radius 1 is 1.04 bits per heavy atom. The molecule has 2 aromatic carbocycles. The third-order valence-electron chi connectivity index (χ3n) is 3.89. The molecule has 0 radical (unpaired) electrons. The number of carbonyl (C=O) groups excluding carboxylic acids is 1. The van der Waals surface area contributed by atoms with E-state index in [0.717, 1.165) is 33.8 Å². The fourth-order valence-corrected chi connectivity index (χ4v) is 3.77. The molecule has 0 aliphatic heterocycles. The first-order valence-corrected chi connectivity index (χ1v) is 9.67. The van der Waals surface area contributed by atoms with Crippen molar-refractivity contribution in [3.63, 3.8) is 0 Å². The maximum atomic E-state index is 12.3. The van der Waals surface area contributed by atoms with Gasteiger partial charge in [0.05, 0.1) is 0 Å². The molecule has 0 aliphatic carbocycles. The van der Waals surface area contributed by atoms with E-state index in [1.54, 1.807) is 17.8 Å². The lowest BCUT2D eigenvalue weighted by atomic mass is 10.0. The summed E-state index contributed by atoms with van der Waals surface area (Å²) in [5, 5.41) is 4.31. The second-order valence-corrected chi connectivity index (χ2v) is 7.74. The first kappa shape index (κ1) is 19.2. The number of amides is 1. The number of thioether (sulfide) groups is 1. The Balaban J connectivity index is 1.80. The summed E-state index contributed by atoms with van der Waals surface area (Å²) in [6, 6.07) is 9.55. The van der Waals surface area contributed by atoms with Gasteiger partial charge >= 0.3 is 0 Å². The van der Waals surface area contributed by atoms with Gasteiger partial charge < -0.3 is 5.32 Å². The molecule has 0 aliphatic rings. The molecule has 0 unspecified atom stereocenters. The number of rotatable bonds is 6. The lowest BCUT2D eigenvalue weighted by Crippen LogP contribution is -2.26. The number of halogens is 2. The first-order valence-electron chi connectivity index (χ1n) is 7.76. The van der Waals surface area contributed by atoms with Crippen molar-refractivity contribution in [2.75, 3.05) is 12.3 Å². The van der Waals surface area contributed by atoms with Crippen LogP contribution in [0.25, 0.3) is 0 Å². The van der Waals surface area contributed by atoms with Gasteiger partial charge in [-0.25, -0.2) is 0 Å². The number of aryl methyl sites for hydroxylation is 3. The van der Waals surface area contributed by atoms with Gasteiger partial charge in [0.1, 0.15) is 0 Å². The number of hydrogen-bond donors (Lipinski definition) is 1. The van der Waals surface area contributed by atoms with Crippen molar-refractivity contribution >= 4 is 40.9 Å². The van der Waals surface area contributed by atoms with E-state index >= 15 is 0 Å². The summed E-state index contributed by atoms with van der Waals surface area (Å²) in [6.07, 6.45) is 0. The summed E-state index contributed by atoms with van der Waals surface area (Å²) >= 11 is 13.8. The van der Waals surface area contributed by atoms with Gasteiger partial charge in [0, 0.05) is 33.7 Å². The minimum Gasteiger partial charge on any atom is -0.351 e. The first-order chi connectivity index (χ1) is 11.4. The van der Waals surface area contributed by atoms with Gasteiger partial charge in [-0.3, -0.25) is 4.79 Å². The van der Waals surface area contributed by atoms with Crippen molar-refractivity contribution in [3.05, 3.63) is 68.2 Å². The molecular weight excluding hydrogens is 361 g/mol. The topological polar surface area (TPSA) is 29.1 Å². The Morgan fingerprint density at radius 2 is 1.75 bits per heavy atom. The van der Waals surface area contributed by atoms with Crippen molar-refractivity contribution in [1.82, 2.24) is 5.32 Å². The van der Waals surface area contributed by atoms with E-state index in [-0.39, 0.29) is 5.91 Å². The zero-order valence-electron chi connectivity index (χ0n) is 14.1. The van der Waals surface area contributed by atoms with Crippen LogP contribution in [0.5, 0.6) is 0 Å². The van der Waals surface area contributed by atoms with Crippen molar-refractivity contribution in [1.29, 1.82) is 0 Å². The SMILES string of the molecule is Cc1cc(C)c(C(=O)NCCSCc2ccc(Cl)cc2Cl)cc1C. The quantitative estimate of drug-likeness (QED) is 0.661. The number of benzene rings is 2. The van der Waals surface area contributed by atoms with E-state index in [4.69, 9.17) is 23.2 Å². The van der Waals surface area contributed by atoms with Crippen LogP contribution in [0.2, 0.25) is 10.0 Å². The molecular formula is C19H21Cl2NOS. The Labute approximate surface area is 157 Å². The minimum absolute atomic E-state index is 0.0132. The molecule has 24 heavy (non-hydrogen) atoms. The van der Waals surface area contributed by atoms with Crippen LogP contribution in [-0.2, 0) is 5.75 Å². The van der Waals surface area contributed by atoms with Crippen molar-refractivity contribution < 1.29 is 4.79 Å². The van der Waals surface area contributed by atoms with E-state index < -0.39 is 0 Å². The number of nitrogens with one attached hydrogen (secondary N) is 1. The van der Waals surface area contributed by atoms with Crippen LogP contribution in [0, 0.1) is 20.8 Å². The van der Waals surface area contributed by atoms with Gasteiger partial charge in [0.15, 0.2) is 0 Å².